The lowest BCUT2D eigenvalue weighted by Gasteiger charge is -2.23. The number of rotatable bonds is 17. The molecule has 0 bridgehead atoms. The van der Waals surface area contributed by atoms with Crippen LogP contribution >= 0.6 is 0 Å². The molecule has 1 amide bonds. The number of ether oxygens (including phenoxy) is 1. The Kier molecular flexibility index (Phi) is 19.1. The van der Waals surface area contributed by atoms with Gasteiger partial charge in [-0.25, -0.2) is 0 Å². The maximum Gasteiger partial charge on any atom is 0.254 e. The maximum atomic E-state index is 12.5. The summed E-state index contributed by atoms with van der Waals surface area (Å²) in [5.74, 6) is 2.44. The number of unbranched alkanes of at least 4 members (excludes halogenated alkanes) is 5. The summed E-state index contributed by atoms with van der Waals surface area (Å²) < 4.78 is 5.64. The number of carbonyl (C=O) groups is 1. The van der Waals surface area contributed by atoms with E-state index < -0.39 is 0 Å². The van der Waals surface area contributed by atoms with Gasteiger partial charge in [-0.15, -0.1) is 0 Å². The number of hydrogen-bond donors (Lipinski definition) is 1. The van der Waals surface area contributed by atoms with Crippen LogP contribution in [0.2, 0.25) is 0 Å². The molecule has 5 heteroatoms. The highest BCUT2D eigenvalue weighted by molar-refractivity contribution is 5.98. The predicted molar refractivity (Wildman–Crippen MR) is 189 cm³/mol. The molecule has 0 spiro atoms. The molecule has 1 N–H and O–H groups in total. The van der Waals surface area contributed by atoms with Crippen molar-refractivity contribution in [3.8, 4) is 5.75 Å². The topological polar surface area (TPSA) is 44.8 Å². The van der Waals surface area contributed by atoms with E-state index in [9.17, 15) is 4.79 Å². The SMILES string of the molecule is CCC(CC(C)CCN1Cc2ccccc2C1=O)c1ccc2c(c1)CCO2.CCCCC.CCNCCCCCCN(C)C. The molecule has 5 nitrogen and oxygen atoms in total. The van der Waals surface area contributed by atoms with Gasteiger partial charge in [-0.1, -0.05) is 97.1 Å². The zero-order valence-electron chi connectivity index (χ0n) is 29.4. The van der Waals surface area contributed by atoms with Gasteiger partial charge in [-0.2, -0.15) is 0 Å². The van der Waals surface area contributed by atoms with Crippen molar-refractivity contribution in [3.63, 3.8) is 0 Å². The molecule has 44 heavy (non-hydrogen) atoms. The van der Waals surface area contributed by atoms with Gasteiger partial charge in [-0.05, 0) is 106 Å². The van der Waals surface area contributed by atoms with E-state index in [0.717, 1.165) is 56.8 Å². The third kappa shape index (κ3) is 13.7. The highest BCUT2D eigenvalue weighted by Gasteiger charge is 2.27. The molecular weight excluding hydrogens is 542 g/mol. The molecule has 0 aromatic heterocycles. The van der Waals surface area contributed by atoms with Crippen LogP contribution in [0.5, 0.6) is 5.75 Å². The summed E-state index contributed by atoms with van der Waals surface area (Å²) in [5, 5.41) is 3.34. The summed E-state index contributed by atoms with van der Waals surface area (Å²) in [6.07, 6.45) is 13.9. The quantitative estimate of drug-likeness (QED) is 0.182. The summed E-state index contributed by atoms with van der Waals surface area (Å²) in [4.78, 5) is 16.8. The van der Waals surface area contributed by atoms with Crippen LogP contribution in [0.15, 0.2) is 42.5 Å². The molecule has 248 valence electrons. The lowest BCUT2D eigenvalue weighted by Crippen LogP contribution is -2.26. The number of carbonyl (C=O) groups excluding carboxylic acids is 1. The van der Waals surface area contributed by atoms with Gasteiger partial charge in [-0.3, -0.25) is 4.79 Å². The minimum absolute atomic E-state index is 0.198. The Balaban J connectivity index is 0.000000332. The third-order valence-electron chi connectivity index (χ3n) is 8.82. The van der Waals surface area contributed by atoms with Gasteiger partial charge in [0.25, 0.3) is 5.91 Å². The van der Waals surface area contributed by atoms with Gasteiger partial charge < -0.3 is 19.9 Å². The van der Waals surface area contributed by atoms with E-state index in [0.29, 0.717) is 11.8 Å². The molecule has 2 aromatic rings. The highest BCUT2D eigenvalue weighted by Crippen LogP contribution is 2.34. The number of fused-ring (bicyclic) bond motifs is 2. The Bertz CT molecular complexity index is 1050. The lowest BCUT2D eigenvalue weighted by molar-refractivity contribution is 0.0769. The van der Waals surface area contributed by atoms with E-state index in [4.69, 9.17) is 4.74 Å². The molecule has 0 saturated carbocycles. The van der Waals surface area contributed by atoms with Crippen LogP contribution in [0.25, 0.3) is 0 Å². The molecule has 4 rings (SSSR count). The van der Waals surface area contributed by atoms with Gasteiger partial charge in [0, 0.05) is 25.1 Å². The standard InChI is InChI=1S/C24H29NO2.C10H24N2.C5H12/c1-3-18(19-8-9-23-20(15-19)11-13-27-23)14-17(2)10-12-25-16-21-6-4-5-7-22(21)24(25)26;1-4-11-9-7-5-6-8-10-12(2)3;1-3-5-4-2/h4-9,15,17-18H,3,10-14,16H2,1-2H3;11H,4-10H2,1-3H3;3-5H2,1-2H3. The van der Waals surface area contributed by atoms with Gasteiger partial charge in [0.15, 0.2) is 0 Å². The van der Waals surface area contributed by atoms with Crippen LogP contribution in [0.1, 0.15) is 132 Å². The number of nitrogens with zero attached hydrogens (tertiary/aromatic N) is 2. The fourth-order valence-corrected chi connectivity index (χ4v) is 6.04. The van der Waals surface area contributed by atoms with Gasteiger partial charge in [0.1, 0.15) is 5.75 Å². The molecule has 0 radical (unpaired) electrons. The summed E-state index contributed by atoms with van der Waals surface area (Å²) in [6.45, 7) is 17.2. The molecule has 2 unspecified atom stereocenters. The van der Waals surface area contributed by atoms with E-state index in [-0.39, 0.29) is 5.91 Å². The molecule has 2 atom stereocenters. The zero-order valence-corrected chi connectivity index (χ0v) is 29.4. The van der Waals surface area contributed by atoms with Crippen molar-refractivity contribution in [2.75, 3.05) is 46.9 Å². The summed E-state index contributed by atoms with van der Waals surface area (Å²) in [5.41, 5.74) is 4.86. The minimum atomic E-state index is 0.198. The number of hydrogen-bond acceptors (Lipinski definition) is 4. The first kappa shape index (κ1) is 37.8. The Hall–Kier alpha value is -2.37. The van der Waals surface area contributed by atoms with Crippen molar-refractivity contribution >= 4 is 5.91 Å². The fraction of sp³-hybridized carbons (Fsp3) is 0.667. The minimum Gasteiger partial charge on any atom is -0.493 e. The first-order valence-corrected chi connectivity index (χ1v) is 17.8. The lowest BCUT2D eigenvalue weighted by atomic mass is 9.85. The molecule has 2 heterocycles. The molecule has 2 aromatic carbocycles. The maximum absolute atomic E-state index is 12.5. The first-order chi connectivity index (χ1) is 21.3. The Morgan fingerprint density at radius 2 is 1.68 bits per heavy atom. The average molecular weight is 608 g/mol. The second-order valence-electron chi connectivity index (χ2n) is 13.0. The van der Waals surface area contributed by atoms with Crippen LogP contribution in [-0.2, 0) is 13.0 Å². The monoisotopic (exact) mass is 608 g/mol. The molecule has 2 aliphatic rings. The van der Waals surface area contributed by atoms with Gasteiger partial charge >= 0.3 is 0 Å². The molecule has 0 aliphatic carbocycles. The predicted octanol–water partition coefficient (Wildman–Crippen LogP) is 9.10. The van der Waals surface area contributed by atoms with E-state index in [1.165, 1.54) is 81.1 Å². The van der Waals surface area contributed by atoms with E-state index in [2.05, 4.69) is 83.2 Å². The van der Waals surface area contributed by atoms with E-state index in [1.807, 2.05) is 23.1 Å². The summed E-state index contributed by atoms with van der Waals surface area (Å²) in [7, 11) is 4.28. The second kappa shape index (κ2) is 22.2. The zero-order chi connectivity index (χ0) is 32.2. The first-order valence-electron chi connectivity index (χ1n) is 17.8. The Labute approximate surface area is 271 Å². The van der Waals surface area contributed by atoms with E-state index in [1.54, 1.807) is 0 Å². The van der Waals surface area contributed by atoms with Crippen LogP contribution < -0.4 is 10.1 Å². The summed E-state index contributed by atoms with van der Waals surface area (Å²) >= 11 is 0. The normalized spacial score (nSPS) is 14.6. The largest absolute Gasteiger partial charge is 0.493 e. The van der Waals surface area contributed by atoms with Crippen LogP contribution in [-0.4, -0.2) is 62.6 Å². The van der Waals surface area contributed by atoms with Crippen molar-refractivity contribution in [2.24, 2.45) is 5.92 Å². The fourth-order valence-electron chi connectivity index (χ4n) is 6.04. The Morgan fingerprint density at radius 3 is 2.34 bits per heavy atom. The molecule has 0 saturated heterocycles. The molecule has 2 aliphatic heterocycles. The van der Waals surface area contributed by atoms with Crippen molar-refractivity contribution in [2.45, 2.75) is 118 Å². The number of amides is 1. The van der Waals surface area contributed by atoms with Crippen molar-refractivity contribution in [1.82, 2.24) is 15.1 Å². The Morgan fingerprint density at radius 1 is 0.932 bits per heavy atom. The van der Waals surface area contributed by atoms with Crippen LogP contribution in [0.3, 0.4) is 0 Å². The van der Waals surface area contributed by atoms with Crippen molar-refractivity contribution in [3.05, 3.63) is 64.7 Å². The van der Waals surface area contributed by atoms with Gasteiger partial charge in [0.2, 0.25) is 0 Å². The van der Waals surface area contributed by atoms with Crippen LogP contribution in [0.4, 0.5) is 0 Å². The smallest absolute Gasteiger partial charge is 0.254 e. The average Bonchev–Trinajstić information content (AvgIpc) is 3.63. The van der Waals surface area contributed by atoms with Gasteiger partial charge in [0.05, 0.1) is 6.61 Å². The van der Waals surface area contributed by atoms with Crippen LogP contribution in [0, 0.1) is 5.92 Å². The number of benzene rings is 2. The second-order valence-corrected chi connectivity index (χ2v) is 13.0. The molecular formula is C39H65N3O2. The third-order valence-corrected chi connectivity index (χ3v) is 8.82. The molecule has 0 fully saturated rings. The highest BCUT2D eigenvalue weighted by atomic mass is 16.5. The van der Waals surface area contributed by atoms with Crippen molar-refractivity contribution in [1.29, 1.82) is 0 Å². The van der Waals surface area contributed by atoms with E-state index >= 15 is 0 Å². The summed E-state index contributed by atoms with van der Waals surface area (Å²) in [6, 6.07) is 14.7. The number of nitrogens with one attached hydrogen (secondary N) is 1. The van der Waals surface area contributed by atoms with Crippen molar-refractivity contribution < 1.29 is 9.53 Å².